The van der Waals surface area contributed by atoms with Crippen LogP contribution in [-0.4, -0.2) is 12.5 Å². The van der Waals surface area contributed by atoms with Crippen molar-refractivity contribution >= 4 is 24.0 Å². The Bertz CT molecular complexity index is 677. The Morgan fingerprint density at radius 3 is 2.52 bits per heavy atom. The molecule has 2 aromatic carbocycles. The van der Waals surface area contributed by atoms with Crippen LogP contribution in [0.25, 0.3) is 0 Å². The monoisotopic (exact) mass is 362 g/mol. The number of nitrogens with two attached hydrogens (primary N) is 1. The Labute approximate surface area is 156 Å². The number of aryl methyl sites for hydroxylation is 1. The number of benzene rings is 2. The second-order valence-electron chi connectivity index (χ2n) is 6.06. The Kier molecular flexibility index (Phi) is 8.46. The first-order valence-corrected chi connectivity index (χ1v) is 8.37. The molecule has 136 valence electrons. The highest BCUT2D eigenvalue weighted by Crippen LogP contribution is 2.28. The van der Waals surface area contributed by atoms with Crippen LogP contribution in [0.1, 0.15) is 37.4 Å². The van der Waals surface area contributed by atoms with E-state index in [0.29, 0.717) is 18.0 Å². The van der Waals surface area contributed by atoms with Gasteiger partial charge in [0.2, 0.25) is 5.91 Å². The first-order valence-electron chi connectivity index (χ1n) is 8.37. The molecule has 25 heavy (non-hydrogen) atoms. The topological polar surface area (TPSA) is 64.3 Å². The van der Waals surface area contributed by atoms with Gasteiger partial charge in [0.15, 0.2) is 0 Å². The molecule has 2 unspecified atom stereocenters. The third kappa shape index (κ3) is 5.76. The fraction of sp³-hybridized carbons (Fsp3) is 0.350. The molecule has 2 aromatic rings. The molecule has 1 amide bonds. The van der Waals surface area contributed by atoms with Gasteiger partial charge in [-0.2, -0.15) is 0 Å². The van der Waals surface area contributed by atoms with Crippen molar-refractivity contribution in [3.8, 4) is 5.75 Å². The first kappa shape index (κ1) is 21.0. The number of rotatable bonds is 7. The van der Waals surface area contributed by atoms with E-state index >= 15 is 0 Å². The minimum Gasteiger partial charge on any atom is -0.491 e. The molecule has 0 heterocycles. The number of ether oxygens (including phenoxy) is 1. The van der Waals surface area contributed by atoms with Crippen molar-refractivity contribution in [3.63, 3.8) is 0 Å². The van der Waals surface area contributed by atoms with Crippen molar-refractivity contribution in [2.45, 2.75) is 33.2 Å². The van der Waals surface area contributed by atoms with Crippen molar-refractivity contribution in [1.29, 1.82) is 0 Å². The second kappa shape index (κ2) is 10.1. The standard InChI is InChI=1S/C20H26N2O2.ClH/c1-4-12-24-18-13-14(2)10-11-17(18)22-20(23)15(3)19(21)16-8-6-5-7-9-16;/h5-11,13,15,19H,4,12,21H2,1-3H3,(H,22,23);1H. The Balaban J connectivity index is 0.00000312. The highest BCUT2D eigenvalue weighted by Gasteiger charge is 2.23. The van der Waals surface area contributed by atoms with Gasteiger partial charge in [0.1, 0.15) is 5.75 Å². The molecule has 2 atom stereocenters. The number of anilines is 1. The lowest BCUT2D eigenvalue weighted by Crippen LogP contribution is -2.30. The zero-order valence-electron chi connectivity index (χ0n) is 15.0. The lowest BCUT2D eigenvalue weighted by atomic mass is 9.94. The van der Waals surface area contributed by atoms with Crippen molar-refractivity contribution in [2.24, 2.45) is 11.7 Å². The van der Waals surface area contributed by atoms with E-state index in [-0.39, 0.29) is 30.3 Å². The van der Waals surface area contributed by atoms with Crippen LogP contribution < -0.4 is 15.8 Å². The van der Waals surface area contributed by atoms with Gasteiger partial charge in [0, 0.05) is 6.04 Å². The number of nitrogens with one attached hydrogen (secondary N) is 1. The van der Waals surface area contributed by atoms with Crippen molar-refractivity contribution < 1.29 is 9.53 Å². The Hall–Kier alpha value is -2.04. The van der Waals surface area contributed by atoms with Crippen molar-refractivity contribution in [1.82, 2.24) is 0 Å². The zero-order valence-corrected chi connectivity index (χ0v) is 15.8. The van der Waals surface area contributed by atoms with Gasteiger partial charge in [-0.15, -0.1) is 12.4 Å². The summed E-state index contributed by atoms with van der Waals surface area (Å²) in [7, 11) is 0. The molecule has 2 rings (SSSR count). The van der Waals surface area contributed by atoms with E-state index in [1.807, 2.05) is 62.4 Å². The number of carbonyl (C=O) groups is 1. The Morgan fingerprint density at radius 2 is 1.88 bits per heavy atom. The predicted octanol–water partition coefficient (Wildman–Crippen LogP) is 4.48. The average Bonchev–Trinajstić information content (AvgIpc) is 2.61. The molecule has 5 heteroatoms. The first-order chi connectivity index (χ1) is 11.5. The quantitative estimate of drug-likeness (QED) is 0.763. The zero-order chi connectivity index (χ0) is 17.5. The Morgan fingerprint density at radius 1 is 1.20 bits per heavy atom. The molecule has 0 aliphatic heterocycles. The maximum atomic E-state index is 12.6. The van der Waals surface area contributed by atoms with Gasteiger partial charge in [-0.1, -0.05) is 50.2 Å². The van der Waals surface area contributed by atoms with E-state index in [9.17, 15) is 4.79 Å². The fourth-order valence-electron chi connectivity index (χ4n) is 2.44. The summed E-state index contributed by atoms with van der Waals surface area (Å²) < 4.78 is 5.75. The number of halogens is 1. The number of amides is 1. The third-order valence-corrected chi connectivity index (χ3v) is 3.99. The molecule has 0 aliphatic carbocycles. The van der Waals surface area contributed by atoms with Crippen LogP contribution in [-0.2, 0) is 4.79 Å². The number of hydrogen-bond acceptors (Lipinski definition) is 3. The average molecular weight is 363 g/mol. The maximum absolute atomic E-state index is 12.6. The molecule has 4 nitrogen and oxygen atoms in total. The molecule has 0 bridgehead atoms. The number of hydrogen-bond donors (Lipinski definition) is 2. The summed E-state index contributed by atoms with van der Waals surface area (Å²) in [4.78, 5) is 12.6. The lowest BCUT2D eigenvalue weighted by molar-refractivity contribution is -0.120. The van der Waals surface area contributed by atoms with Crippen molar-refractivity contribution in [2.75, 3.05) is 11.9 Å². The third-order valence-electron chi connectivity index (χ3n) is 3.99. The van der Waals surface area contributed by atoms with Gasteiger partial charge in [-0.05, 0) is 36.6 Å². The largest absolute Gasteiger partial charge is 0.491 e. The van der Waals surface area contributed by atoms with Crippen LogP contribution in [0, 0.1) is 12.8 Å². The van der Waals surface area contributed by atoms with Gasteiger partial charge in [-0.3, -0.25) is 4.79 Å². The molecule has 0 fully saturated rings. The van der Waals surface area contributed by atoms with Gasteiger partial charge >= 0.3 is 0 Å². The van der Waals surface area contributed by atoms with E-state index in [2.05, 4.69) is 12.2 Å². The molecule has 0 saturated carbocycles. The van der Waals surface area contributed by atoms with Crippen molar-refractivity contribution in [3.05, 3.63) is 59.7 Å². The molecular weight excluding hydrogens is 336 g/mol. The van der Waals surface area contributed by atoms with Crippen LogP contribution in [0.15, 0.2) is 48.5 Å². The van der Waals surface area contributed by atoms with E-state index in [0.717, 1.165) is 17.5 Å². The lowest BCUT2D eigenvalue weighted by Gasteiger charge is -2.21. The summed E-state index contributed by atoms with van der Waals surface area (Å²) in [5.41, 5.74) is 8.97. The van der Waals surface area contributed by atoms with Crippen LogP contribution in [0.5, 0.6) is 5.75 Å². The van der Waals surface area contributed by atoms with Crippen LogP contribution >= 0.6 is 12.4 Å². The normalized spacial score (nSPS) is 12.6. The molecule has 0 saturated heterocycles. The van der Waals surface area contributed by atoms with Crippen LogP contribution in [0.4, 0.5) is 5.69 Å². The molecule has 0 radical (unpaired) electrons. The minimum atomic E-state index is -0.354. The maximum Gasteiger partial charge on any atom is 0.229 e. The summed E-state index contributed by atoms with van der Waals surface area (Å²) >= 11 is 0. The predicted molar refractivity (Wildman–Crippen MR) is 105 cm³/mol. The van der Waals surface area contributed by atoms with Crippen LogP contribution in [0.2, 0.25) is 0 Å². The SMILES string of the molecule is CCCOc1cc(C)ccc1NC(=O)C(C)C(N)c1ccccc1.Cl. The van der Waals surface area contributed by atoms with E-state index in [1.165, 1.54) is 0 Å². The van der Waals surface area contributed by atoms with Gasteiger partial charge in [-0.25, -0.2) is 0 Å². The van der Waals surface area contributed by atoms with E-state index < -0.39 is 0 Å². The summed E-state index contributed by atoms with van der Waals surface area (Å²) in [5, 5.41) is 2.95. The summed E-state index contributed by atoms with van der Waals surface area (Å²) in [6, 6.07) is 15.1. The summed E-state index contributed by atoms with van der Waals surface area (Å²) in [6.07, 6.45) is 0.913. The van der Waals surface area contributed by atoms with Crippen LogP contribution in [0.3, 0.4) is 0 Å². The molecule has 0 aromatic heterocycles. The fourth-order valence-corrected chi connectivity index (χ4v) is 2.44. The molecule has 0 aliphatic rings. The summed E-state index contributed by atoms with van der Waals surface area (Å²) in [5.74, 6) is 0.231. The van der Waals surface area contributed by atoms with Gasteiger partial charge < -0.3 is 15.8 Å². The second-order valence-corrected chi connectivity index (χ2v) is 6.06. The minimum absolute atomic E-state index is 0. The van der Waals surface area contributed by atoms with E-state index in [1.54, 1.807) is 0 Å². The molecule has 3 N–H and O–H groups in total. The molecular formula is C20H27ClN2O2. The highest BCUT2D eigenvalue weighted by atomic mass is 35.5. The van der Waals surface area contributed by atoms with E-state index in [4.69, 9.17) is 10.5 Å². The smallest absolute Gasteiger partial charge is 0.229 e. The highest BCUT2D eigenvalue weighted by molar-refractivity contribution is 5.94. The summed E-state index contributed by atoms with van der Waals surface area (Å²) in [6.45, 7) is 6.51. The van der Waals surface area contributed by atoms with Gasteiger partial charge in [0.05, 0.1) is 18.2 Å². The number of carbonyl (C=O) groups excluding carboxylic acids is 1. The van der Waals surface area contributed by atoms with Gasteiger partial charge in [0.25, 0.3) is 0 Å². The molecule has 0 spiro atoms.